The summed E-state index contributed by atoms with van der Waals surface area (Å²) in [5, 5.41) is 0.188. The van der Waals surface area contributed by atoms with Crippen molar-refractivity contribution in [2.75, 3.05) is 18.0 Å². The van der Waals surface area contributed by atoms with Gasteiger partial charge in [-0.05, 0) is 38.5 Å². The van der Waals surface area contributed by atoms with Crippen molar-refractivity contribution in [1.82, 2.24) is 0 Å². The van der Waals surface area contributed by atoms with Crippen LogP contribution in [0.25, 0.3) is 0 Å². The summed E-state index contributed by atoms with van der Waals surface area (Å²) in [5.41, 5.74) is -0.0969. The maximum absolute atomic E-state index is 13.1. The third-order valence-electron chi connectivity index (χ3n) is 3.48. The van der Waals surface area contributed by atoms with Gasteiger partial charge in [-0.3, -0.25) is 0 Å². The molecular formula is C15H19BrF3NO. The zero-order valence-corrected chi connectivity index (χ0v) is 13.9. The van der Waals surface area contributed by atoms with E-state index in [1.165, 1.54) is 6.07 Å². The molecule has 1 aliphatic rings. The standard InChI is InChI=1S/C15H19BrF3NO/c1-10-8-20(9-14(2,3)21-10)12-5-4-11(7-16)13(6-12)15(17,18)19/h4-6,10H,7-9H2,1-3H3. The molecule has 1 atom stereocenters. The zero-order valence-electron chi connectivity index (χ0n) is 12.3. The number of anilines is 1. The molecule has 1 aliphatic heterocycles. The second-order valence-electron chi connectivity index (χ2n) is 6.04. The Labute approximate surface area is 131 Å². The molecule has 1 unspecified atom stereocenters. The van der Waals surface area contributed by atoms with Gasteiger partial charge >= 0.3 is 6.18 Å². The van der Waals surface area contributed by atoms with Gasteiger partial charge in [-0.2, -0.15) is 13.2 Å². The van der Waals surface area contributed by atoms with E-state index in [2.05, 4.69) is 15.9 Å². The number of nitrogens with zero attached hydrogens (tertiary/aromatic N) is 1. The summed E-state index contributed by atoms with van der Waals surface area (Å²) in [6.07, 6.45) is -4.36. The molecule has 1 heterocycles. The van der Waals surface area contributed by atoms with Crippen LogP contribution < -0.4 is 4.90 Å². The Balaban J connectivity index is 2.36. The minimum Gasteiger partial charge on any atom is -0.369 e. The fourth-order valence-electron chi connectivity index (χ4n) is 2.79. The van der Waals surface area contributed by atoms with Gasteiger partial charge in [0.05, 0.1) is 17.3 Å². The lowest BCUT2D eigenvalue weighted by Gasteiger charge is -2.43. The number of alkyl halides is 4. The smallest absolute Gasteiger partial charge is 0.369 e. The molecular weight excluding hydrogens is 347 g/mol. The second kappa shape index (κ2) is 5.80. The first-order chi connectivity index (χ1) is 9.62. The Morgan fingerprint density at radius 1 is 1.38 bits per heavy atom. The van der Waals surface area contributed by atoms with Gasteiger partial charge in [-0.1, -0.05) is 22.0 Å². The number of hydrogen-bond donors (Lipinski definition) is 0. The van der Waals surface area contributed by atoms with E-state index in [-0.39, 0.29) is 22.6 Å². The second-order valence-corrected chi connectivity index (χ2v) is 6.60. The van der Waals surface area contributed by atoms with Crippen molar-refractivity contribution in [2.45, 2.75) is 44.0 Å². The topological polar surface area (TPSA) is 12.5 Å². The summed E-state index contributed by atoms with van der Waals surface area (Å²) in [5.74, 6) is 0. The molecule has 0 bridgehead atoms. The van der Waals surface area contributed by atoms with Crippen molar-refractivity contribution in [3.05, 3.63) is 29.3 Å². The van der Waals surface area contributed by atoms with Gasteiger partial charge < -0.3 is 9.64 Å². The first-order valence-electron chi connectivity index (χ1n) is 6.81. The van der Waals surface area contributed by atoms with Crippen LogP contribution in [0.3, 0.4) is 0 Å². The Morgan fingerprint density at radius 3 is 2.57 bits per heavy atom. The van der Waals surface area contributed by atoms with Crippen LogP contribution in [-0.2, 0) is 16.2 Å². The highest BCUT2D eigenvalue weighted by Crippen LogP contribution is 2.36. The van der Waals surface area contributed by atoms with E-state index < -0.39 is 11.7 Å². The fraction of sp³-hybridized carbons (Fsp3) is 0.600. The molecule has 0 aliphatic carbocycles. The minimum atomic E-state index is -4.34. The van der Waals surface area contributed by atoms with Crippen LogP contribution in [0.1, 0.15) is 31.9 Å². The Morgan fingerprint density at radius 2 is 2.05 bits per heavy atom. The summed E-state index contributed by atoms with van der Waals surface area (Å²) in [7, 11) is 0. The molecule has 0 aromatic heterocycles. The Hall–Kier alpha value is -0.750. The van der Waals surface area contributed by atoms with E-state index in [9.17, 15) is 13.2 Å². The first kappa shape index (κ1) is 16.6. The molecule has 0 saturated carbocycles. The van der Waals surface area contributed by atoms with Crippen molar-refractivity contribution in [3.8, 4) is 0 Å². The SMILES string of the molecule is CC1CN(c2ccc(CBr)c(C(F)(F)F)c2)CC(C)(C)O1. The molecule has 1 saturated heterocycles. The zero-order chi connectivity index (χ0) is 15.8. The fourth-order valence-corrected chi connectivity index (χ4v) is 3.28. The summed E-state index contributed by atoms with van der Waals surface area (Å²) in [6.45, 7) is 7.00. The third kappa shape index (κ3) is 3.92. The maximum Gasteiger partial charge on any atom is 0.416 e. The number of halogens is 4. The molecule has 118 valence electrons. The molecule has 2 rings (SSSR count). The van der Waals surface area contributed by atoms with Crippen LogP contribution in [-0.4, -0.2) is 24.8 Å². The average molecular weight is 366 g/mol. The van der Waals surface area contributed by atoms with Crippen molar-refractivity contribution in [1.29, 1.82) is 0 Å². The highest BCUT2D eigenvalue weighted by Gasteiger charge is 2.35. The number of hydrogen-bond acceptors (Lipinski definition) is 2. The number of morpholine rings is 1. The molecule has 21 heavy (non-hydrogen) atoms. The van der Waals surface area contributed by atoms with E-state index in [1.807, 2.05) is 25.7 Å². The molecule has 1 aromatic carbocycles. The predicted octanol–water partition coefficient (Wildman–Crippen LogP) is 4.60. The molecule has 6 heteroatoms. The Kier molecular flexibility index (Phi) is 4.59. The largest absolute Gasteiger partial charge is 0.416 e. The van der Waals surface area contributed by atoms with Gasteiger partial charge in [-0.15, -0.1) is 0 Å². The van der Waals surface area contributed by atoms with E-state index >= 15 is 0 Å². The predicted molar refractivity (Wildman–Crippen MR) is 80.9 cm³/mol. The molecule has 0 amide bonds. The third-order valence-corrected chi connectivity index (χ3v) is 4.08. The van der Waals surface area contributed by atoms with Crippen LogP contribution in [0.15, 0.2) is 18.2 Å². The van der Waals surface area contributed by atoms with Gasteiger partial charge in [0.25, 0.3) is 0 Å². The van der Waals surface area contributed by atoms with E-state index in [0.29, 0.717) is 18.8 Å². The van der Waals surface area contributed by atoms with Crippen LogP contribution >= 0.6 is 15.9 Å². The van der Waals surface area contributed by atoms with Crippen molar-refractivity contribution < 1.29 is 17.9 Å². The summed E-state index contributed by atoms with van der Waals surface area (Å²) in [6, 6.07) is 4.53. The van der Waals surface area contributed by atoms with E-state index in [1.54, 1.807) is 12.1 Å². The molecule has 1 fully saturated rings. The van der Waals surface area contributed by atoms with Gasteiger partial charge in [0.1, 0.15) is 0 Å². The molecule has 1 aromatic rings. The van der Waals surface area contributed by atoms with Crippen LogP contribution in [0.5, 0.6) is 0 Å². The van der Waals surface area contributed by atoms with Crippen LogP contribution in [0.2, 0.25) is 0 Å². The normalized spacial score (nSPS) is 22.4. The van der Waals surface area contributed by atoms with Gasteiger partial charge in [0, 0.05) is 24.1 Å². The molecule has 0 radical (unpaired) electrons. The summed E-state index contributed by atoms with van der Waals surface area (Å²) < 4.78 is 45.2. The average Bonchev–Trinajstić information content (AvgIpc) is 2.34. The van der Waals surface area contributed by atoms with Gasteiger partial charge in [0.15, 0.2) is 0 Å². The molecule has 0 N–H and O–H groups in total. The lowest BCUT2D eigenvalue weighted by Crippen LogP contribution is -2.52. The van der Waals surface area contributed by atoms with Crippen molar-refractivity contribution in [3.63, 3.8) is 0 Å². The highest BCUT2D eigenvalue weighted by molar-refractivity contribution is 9.08. The van der Waals surface area contributed by atoms with Crippen molar-refractivity contribution >= 4 is 21.6 Å². The van der Waals surface area contributed by atoms with Crippen molar-refractivity contribution in [2.24, 2.45) is 0 Å². The minimum absolute atomic E-state index is 0.0149. The molecule has 0 spiro atoms. The number of rotatable bonds is 2. The van der Waals surface area contributed by atoms with Gasteiger partial charge in [0.2, 0.25) is 0 Å². The van der Waals surface area contributed by atoms with Crippen LogP contribution in [0.4, 0.5) is 18.9 Å². The molecule has 2 nitrogen and oxygen atoms in total. The highest BCUT2D eigenvalue weighted by atomic mass is 79.9. The lowest BCUT2D eigenvalue weighted by molar-refractivity contribution is -0.138. The monoisotopic (exact) mass is 365 g/mol. The van der Waals surface area contributed by atoms with E-state index in [4.69, 9.17) is 4.74 Å². The first-order valence-corrected chi connectivity index (χ1v) is 7.93. The maximum atomic E-state index is 13.1. The number of ether oxygens (including phenoxy) is 1. The van der Waals surface area contributed by atoms with E-state index in [0.717, 1.165) is 0 Å². The Bertz CT molecular complexity index is 516. The quantitative estimate of drug-likeness (QED) is 0.710. The lowest BCUT2D eigenvalue weighted by atomic mass is 10.0. The summed E-state index contributed by atoms with van der Waals surface area (Å²) in [4.78, 5) is 1.96. The van der Waals surface area contributed by atoms with Crippen LogP contribution in [0, 0.1) is 0 Å². The van der Waals surface area contributed by atoms with Gasteiger partial charge in [-0.25, -0.2) is 0 Å². The number of benzene rings is 1. The summed E-state index contributed by atoms with van der Waals surface area (Å²) >= 11 is 3.12.